The number of aliphatic imine (C=N–C) groups is 1. The Morgan fingerprint density at radius 2 is 1.95 bits per heavy atom. The van der Waals surface area contributed by atoms with Crippen molar-refractivity contribution in [3.8, 4) is 0 Å². The van der Waals surface area contributed by atoms with Crippen LogP contribution in [-0.4, -0.2) is 88.1 Å². The molecule has 3 rings (SSSR count). The van der Waals surface area contributed by atoms with Crippen molar-refractivity contribution in [2.45, 2.75) is 24.8 Å². The first-order valence-corrected chi connectivity index (χ1v) is 13.9. The molecule has 0 aromatic heterocycles. The Hall–Kier alpha value is -3.42. The fourth-order valence-corrected chi connectivity index (χ4v) is 5.34. The monoisotopic (exact) mass is 547 g/mol. The largest absolute Gasteiger partial charge is 0.377 e. The van der Waals surface area contributed by atoms with Crippen LogP contribution in [0.4, 0.5) is 0 Å². The zero-order valence-electron chi connectivity index (χ0n) is 22.6. The second-order valence-corrected chi connectivity index (χ2v) is 10.1. The van der Waals surface area contributed by atoms with E-state index in [4.69, 9.17) is 0 Å². The van der Waals surface area contributed by atoms with Gasteiger partial charge in [0.15, 0.2) is 0 Å². The number of rotatable bonds is 14. The van der Waals surface area contributed by atoms with Crippen LogP contribution in [0.25, 0.3) is 0 Å². The van der Waals surface area contributed by atoms with Gasteiger partial charge in [0.05, 0.1) is 18.3 Å². The highest BCUT2D eigenvalue weighted by atomic mass is 31.1. The third kappa shape index (κ3) is 7.58. The number of allylic oxidation sites excluding steroid dienone is 4. The van der Waals surface area contributed by atoms with Gasteiger partial charge in [0.1, 0.15) is 12.5 Å². The van der Waals surface area contributed by atoms with E-state index >= 15 is 0 Å². The van der Waals surface area contributed by atoms with Crippen molar-refractivity contribution in [3.05, 3.63) is 110 Å². The molecule has 1 aliphatic heterocycles. The summed E-state index contributed by atoms with van der Waals surface area (Å²) in [5, 5.41) is 3.81. The molecule has 0 saturated carbocycles. The molecule has 1 amide bonds. The molecule has 1 fully saturated rings. The lowest BCUT2D eigenvalue weighted by Crippen LogP contribution is -2.68. The molecule has 206 valence electrons. The number of hydrazine groups is 1. The Balaban J connectivity index is 1.89. The maximum absolute atomic E-state index is 13.6. The van der Waals surface area contributed by atoms with Crippen molar-refractivity contribution >= 4 is 26.7 Å². The van der Waals surface area contributed by atoms with Crippen LogP contribution in [-0.2, 0) is 22.2 Å². The molecular formula is C30H38N5O3P. The SMILES string of the molecule is C=CCN1CC(=O)N([C@H](C=O)Cc2ccc(CPO)cc2)C(CN(C)CC2=CC=CC(=C)C2=NC=C)N1C=C. The molecule has 3 atom stereocenters. The van der Waals surface area contributed by atoms with Crippen LogP contribution < -0.4 is 0 Å². The Labute approximate surface area is 233 Å². The average Bonchev–Trinajstić information content (AvgIpc) is 2.91. The summed E-state index contributed by atoms with van der Waals surface area (Å²) in [7, 11) is 1.82. The van der Waals surface area contributed by atoms with E-state index in [1.165, 1.54) is 6.20 Å². The summed E-state index contributed by atoms with van der Waals surface area (Å²) >= 11 is 0. The minimum absolute atomic E-state index is 0.116. The van der Waals surface area contributed by atoms with Crippen molar-refractivity contribution in [3.63, 3.8) is 0 Å². The first-order valence-electron chi connectivity index (χ1n) is 12.8. The van der Waals surface area contributed by atoms with E-state index in [0.29, 0.717) is 32.2 Å². The van der Waals surface area contributed by atoms with E-state index in [2.05, 4.69) is 36.2 Å². The van der Waals surface area contributed by atoms with E-state index in [0.717, 1.165) is 34.3 Å². The standard InChI is InChI=1S/C30H38N5O3P/c1-6-16-33-20-29(37)35(27(21-36)17-24-12-14-25(15-13-24)22-39-38)28(34(33)8-3)19-32(5)18-26-11-9-10-23(4)30(26)31-7-2/h6-15,21,27-28,38-39H,1-4,16-20,22H2,5H3/t27-,28?/m0/s1. The van der Waals surface area contributed by atoms with Crippen LogP contribution in [0.2, 0.25) is 0 Å². The lowest BCUT2D eigenvalue weighted by Gasteiger charge is -2.51. The summed E-state index contributed by atoms with van der Waals surface area (Å²) in [5.74, 6) is -0.134. The van der Waals surface area contributed by atoms with E-state index in [9.17, 15) is 14.5 Å². The van der Waals surface area contributed by atoms with Crippen LogP contribution in [0.5, 0.6) is 0 Å². The fraction of sp³-hybridized carbons (Fsp3) is 0.300. The normalized spacial score (nSPS) is 20.1. The molecule has 9 heteroatoms. The van der Waals surface area contributed by atoms with E-state index < -0.39 is 12.2 Å². The highest BCUT2D eigenvalue weighted by Crippen LogP contribution is 2.24. The smallest absolute Gasteiger partial charge is 0.241 e. The second-order valence-electron chi connectivity index (χ2n) is 9.47. The zero-order chi connectivity index (χ0) is 28.4. The molecule has 1 aliphatic carbocycles. The third-order valence-electron chi connectivity index (χ3n) is 6.69. The molecule has 1 aromatic rings. The topological polar surface area (TPSA) is 79.7 Å². The minimum atomic E-state index is -0.663. The first kappa shape index (κ1) is 30.1. The van der Waals surface area contributed by atoms with E-state index in [-0.39, 0.29) is 21.3 Å². The van der Waals surface area contributed by atoms with Gasteiger partial charge >= 0.3 is 0 Å². The highest BCUT2D eigenvalue weighted by Gasteiger charge is 2.41. The number of nitrogens with zero attached hydrogens (tertiary/aromatic N) is 5. The number of benzene rings is 1. The van der Waals surface area contributed by atoms with Crippen molar-refractivity contribution in [1.82, 2.24) is 19.8 Å². The predicted molar refractivity (Wildman–Crippen MR) is 160 cm³/mol. The Bertz CT molecular complexity index is 1170. The zero-order valence-corrected chi connectivity index (χ0v) is 23.6. The molecule has 8 nitrogen and oxygen atoms in total. The van der Waals surface area contributed by atoms with Gasteiger partial charge in [-0.25, -0.2) is 5.01 Å². The molecule has 1 saturated heterocycles. The lowest BCUT2D eigenvalue weighted by molar-refractivity contribution is -0.174. The van der Waals surface area contributed by atoms with E-state index in [1.54, 1.807) is 17.2 Å². The number of carbonyl (C=O) groups excluding carboxylic acids is 2. The van der Waals surface area contributed by atoms with Gasteiger partial charge < -0.3 is 14.6 Å². The predicted octanol–water partition coefficient (Wildman–Crippen LogP) is 3.47. The Kier molecular flexibility index (Phi) is 11.3. The minimum Gasteiger partial charge on any atom is -0.377 e. The third-order valence-corrected chi connectivity index (χ3v) is 7.26. The summed E-state index contributed by atoms with van der Waals surface area (Å²) in [6.07, 6.45) is 12.2. The number of hydrogen-bond acceptors (Lipinski definition) is 7. The van der Waals surface area contributed by atoms with Crippen LogP contribution in [0.3, 0.4) is 0 Å². The highest BCUT2D eigenvalue weighted by molar-refractivity contribution is 7.30. The van der Waals surface area contributed by atoms with E-state index in [1.807, 2.05) is 59.6 Å². The summed E-state index contributed by atoms with van der Waals surface area (Å²) in [6.45, 7) is 17.3. The van der Waals surface area contributed by atoms with Crippen LogP contribution in [0.15, 0.2) is 103 Å². The van der Waals surface area contributed by atoms with Crippen molar-refractivity contribution in [2.24, 2.45) is 4.99 Å². The Morgan fingerprint density at radius 3 is 2.56 bits per heavy atom. The molecule has 1 heterocycles. The lowest BCUT2D eigenvalue weighted by atomic mass is 9.98. The summed E-state index contributed by atoms with van der Waals surface area (Å²) < 4.78 is 0. The molecule has 1 aromatic carbocycles. The second kappa shape index (κ2) is 14.7. The molecule has 0 spiro atoms. The quantitative estimate of drug-likeness (QED) is 0.218. The summed E-state index contributed by atoms with van der Waals surface area (Å²) in [4.78, 5) is 43.4. The Morgan fingerprint density at radius 1 is 1.23 bits per heavy atom. The number of aldehydes is 1. The van der Waals surface area contributed by atoms with Gasteiger partial charge in [-0.15, -0.1) is 6.58 Å². The number of likely N-dealkylation sites (N-methyl/N-ethyl adjacent to an activating group) is 1. The molecule has 0 radical (unpaired) electrons. The van der Waals surface area contributed by atoms with Gasteiger partial charge in [-0.05, 0) is 35.7 Å². The van der Waals surface area contributed by atoms with Gasteiger partial charge in [0, 0.05) is 47.0 Å². The van der Waals surface area contributed by atoms with Gasteiger partial charge in [-0.3, -0.25) is 19.7 Å². The van der Waals surface area contributed by atoms with Crippen LogP contribution in [0.1, 0.15) is 11.1 Å². The first-order chi connectivity index (χ1) is 18.9. The maximum atomic E-state index is 13.6. The molecule has 0 bridgehead atoms. The van der Waals surface area contributed by atoms with Gasteiger partial charge in [0.2, 0.25) is 5.91 Å². The van der Waals surface area contributed by atoms with Crippen molar-refractivity contribution < 1.29 is 14.5 Å². The molecule has 2 aliphatic rings. The van der Waals surface area contributed by atoms with Crippen LogP contribution in [0, 0.1) is 0 Å². The number of carbonyl (C=O) groups is 2. The maximum Gasteiger partial charge on any atom is 0.241 e. The summed E-state index contributed by atoms with van der Waals surface area (Å²) in [5.41, 5.74) is 4.55. The number of hydrogen-bond donors (Lipinski definition) is 1. The molecule has 2 unspecified atom stereocenters. The fourth-order valence-electron chi connectivity index (χ4n) is 4.93. The van der Waals surface area contributed by atoms with Crippen molar-refractivity contribution in [1.29, 1.82) is 0 Å². The van der Waals surface area contributed by atoms with Gasteiger partial charge in [0.25, 0.3) is 0 Å². The van der Waals surface area contributed by atoms with Crippen LogP contribution >= 0.6 is 8.81 Å². The van der Waals surface area contributed by atoms with Gasteiger partial charge in [-0.1, -0.05) is 68.3 Å². The molecular weight excluding hydrogens is 509 g/mol. The molecule has 1 N–H and O–H groups in total. The molecule has 39 heavy (non-hydrogen) atoms. The average molecular weight is 548 g/mol. The van der Waals surface area contributed by atoms with Crippen molar-refractivity contribution in [2.75, 3.05) is 33.2 Å². The summed E-state index contributed by atoms with van der Waals surface area (Å²) in [6, 6.07) is 7.15. The number of amides is 1. The van der Waals surface area contributed by atoms with Gasteiger partial charge in [-0.2, -0.15) is 0 Å².